The van der Waals surface area contributed by atoms with Crippen molar-refractivity contribution in [2.45, 2.75) is 104 Å². The number of hydrogen-bond acceptors (Lipinski definition) is 3. The normalized spacial score (nSPS) is 52.8. The maximum atomic E-state index is 10.4. The first-order valence-electron chi connectivity index (χ1n) is 13.0. The monoisotopic (exact) mass is 428 g/mol. The van der Waals surface area contributed by atoms with Crippen LogP contribution in [0, 0.1) is 46.3 Å². The van der Waals surface area contributed by atoms with Crippen molar-refractivity contribution in [1.29, 1.82) is 0 Å². The van der Waals surface area contributed by atoms with Crippen LogP contribution in [0.15, 0.2) is 24.3 Å². The highest BCUT2D eigenvalue weighted by atomic mass is 17.2. The molecule has 4 fully saturated rings. The first kappa shape index (κ1) is 22.2. The molecule has 0 aromatic rings. The van der Waals surface area contributed by atoms with Crippen LogP contribution in [0.4, 0.5) is 0 Å². The molecule has 3 nitrogen and oxygen atoms in total. The fourth-order valence-corrected chi connectivity index (χ4v) is 8.71. The van der Waals surface area contributed by atoms with Crippen molar-refractivity contribution in [2.24, 2.45) is 46.3 Å². The first-order valence-corrected chi connectivity index (χ1v) is 13.0. The SMILES string of the molecule is CC(C)C(C)C=CC(C)C1CCC2[C@]1(C)CCC1[C@]23C=C[C@]2(CC(O)CC[C@]12C)OO3. The molecular weight excluding hydrogens is 384 g/mol. The average Bonchev–Trinajstić information content (AvgIpc) is 3.09. The molecule has 2 heterocycles. The van der Waals surface area contributed by atoms with E-state index in [1.807, 2.05) is 0 Å². The number of aliphatic hydroxyl groups is 1. The van der Waals surface area contributed by atoms with Gasteiger partial charge in [-0.1, -0.05) is 59.8 Å². The second kappa shape index (κ2) is 7.18. The lowest BCUT2D eigenvalue weighted by Gasteiger charge is -2.69. The fourth-order valence-electron chi connectivity index (χ4n) is 8.71. The first-order chi connectivity index (χ1) is 14.6. The molecule has 2 spiro atoms. The molecule has 2 aliphatic heterocycles. The molecular formula is C28H44O3. The van der Waals surface area contributed by atoms with E-state index in [2.05, 4.69) is 65.8 Å². The van der Waals surface area contributed by atoms with Crippen molar-refractivity contribution in [1.82, 2.24) is 0 Å². The molecule has 174 valence electrons. The zero-order valence-corrected chi connectivity index (χ0v) is 20.6. The lowest BCUT2D eigenvalue weighted by Crippen LogP contribution is -2.73. The van der Waals surface area contributed by atoms with Crippen LogP contribution in [0.5, 0.6) is 0 Å². The summed E-state index contributed by atoms with van der Waals surface area (Å²) in [6, 6.07) is 0. The van der Waals surface area contributed by atoms with E-state index < -0.39 is 5.60 Å². The molecule has 0 aromatic heterocycles. The largest absolute Gasteiger partial charge is 0.393 e. The van der Waals surface area contributed by atoms with E-state index >= 15 is 0 Å². The second-order valence-corrected chi connectivity index (χ2v) is 12.7. The Bertz CT molecular complexity index is 772. The fraction of sp³-hybridized carbons (Fsp3) is 0.857. The number of hydrogen-bond donors (Lipinski definition) is 1. The molecule has 6 unspecified atom stereocenters. The van der Waals surface area contributed by atoms with Crippen LogP contribution < -0.4 is 0 Å². The van der Waals surface area contributed by atoms with Crippen molar-refractivity contribution in [3.8, 4) is 0 Å². The topological polar surface area (TPSA) is 38.7 Å². The smallest absolute Gasteiger partial charge is 0.130 e. The third-order valence-electron chi connectivity index (χ3n) is 11.1. The standard InChI is InChI=1S/C28H44O3/c1-18(2)19(3)7-8-20(4)22-9-10-23-25(22,5)13-12-24-26(6)14-11-21(29)17-27(26)15-16-28(23,24)31-30-27/h7-8,15-16,18-24,29H,9-14,17H2,1-6H3/t19?,20?,21?,22?,23?,24?,25-,26-,27-,28+/m1/s1. The van der Waals surface area contributed by atoms with Gasteiger partial charge in [-0.05, 0) is 73.7 Å². The van der Waals surface area contributed by atoms with Gasteiger partial charge in [-0.25, -0.2) is 9.78 Å². The van der Waals surface area contributed by atoms with Gasteiger partial charge >= 0.3 is 0 Å². The minimum atomic E-state index is -0.439. The molecule has 1 saturated heterocycles. The molecule has 0 amide bonds. The van der Waals surface area contributed by atoms with Crippen LogP contribution in [-0.2, 0) is 9.78 Å². The van der Waals surface area contributed by atoms with Crippen molar-refractivity contribution in [3.05, 3.63) is 24.3 Å². The molecule has 10 atom stereocenters. The number of allylic oxidation sites excluding steroid dienone is 2. The molecule has 2 bridgehead atoms. The summed E-state index contributed by atoms with van der Waals surface area (Å²) in [6.45, 7) is 14.4. The number of aliphatic hydroxyl groups excluding tert-OH is 1. The third kappa shape index (κ3) is 2.88. The Morgan fingerprint density at radius 2 is 1.68 bits per heavy atom. The highest BCUT2D eigenvalue weighted by Crippen LogP contribution is 2.72. The number of rotatable bonds is 4. The summed E-state index contributed by atoms with van der Waals surface area (Å²) in [7, 11) is 0. The molecule has 3 heteroatoms. The van der Waals surface area contributed by atoms with Crippen LogP contribution in [0.3, 0.4) is 0 Å². The second-order valence-electron chi connectivity index (χ2n) is 12.7. The Kier molecular flexibility index (Phi) is 5.13. The van der Waals surface area contributed by atoms with Gasteiger partial charge in [-0.2, -0.15) is 0 Å². The van der Waals surface area contributed by atoms with E-state index in [0.717, 1.165) is 12.8 Å². The summed E-state index contributed by atoms with van der Waals surface area (Å²) in [5.74, 6) is 3.64. The van der Waals surface area contributed by atoms with Crippen LogP contribution in [0.2, 0.25) is 0 Å². The van der Waals surface area contributed by atoms with Gasteiger partial charge in [0.25, 0.3) is 0 Å². The lowest BCUT2D eigenvalue weighted by molar-refractivity contribution is -0.497. The van der Waals surface area contributed by atoms with Crippen molar-refractivity contribution >= 4 is 0 Å². The summed E-state index contributed by atoms with van der Waals surface area (Å²) in [4.78, 5) is 12.8. The van der Waals surface area contributed by atoms with Gasteiger partial charge in [0.15, 0.2) is 0 Å². The van der Waals surface area contributed by atoms with Crippen LogP contribution >= 0.6 is 0 Å². The Hall–Kier alpha value is -0.640. The van der Waals surface area contributed by atoms with Gasteiger partial charge in [-0.15, -0.1) is 0 Å². The molecule has 6 aliphatic rings. The summed E-state index contributed by atoms with van der Waals surface area (Å²) in [6.07, 6.45) is 17.0. The summed E-state index contributed by atoms with van der Waals surface area (Å²) < 4.78 is 0. The van der Waals surface area contributed by atoms with Gasteiger partial charge in [-0.3, -0.25) is 0 Å². The molecule has 6 rings (SSSR count). The zero-order valence-electron chi connectivity index (χ0n) is 20.6. The van der Waals surface area contributed by atoms with E-state index in [4.69, 9.17) is 9.78 Å². The minimum Gasteiger partial charge on any atom is -0.393 e. The molecule has 0 aromatic carbocycles. The van der Waals surface area contributed by atoms with Crippen molar-refractivity contribution in [3.63, 3.8) is 0 Å². The molecule has 0 radical (unpaired) electrons. The van der Waals surface area contributed by atoms with Gasteiger partial charge in [0.2, 0.25) is 0 Å². The van der Waals surface area contributed by atoms with Crippen molar-refractivity contribution in [2.75, 3.05) is 0 Å². The van der Waals surface area contributed by atoms with E-state index in [-0.39, 0.29) is 22.5 Å². The molecule has 3 saturated carbocycles. The highest BCUT2D eigenvalue weighted by molar-refractivity contribution is 5.33. The van der Waals surface area contributed by atoms with E-state index in [1.54, 1.807) is 0 Å². The van der Waals surface area contributed by atoms with Gasteiger partial charge in [0.1, 0.15) is 11.2 Å². The Balaban J connectivity index is 1.45. The minimum absolute atomic E-state index is 0.0663. The Labute approximate surface area is 189 Å². The van der Waals surface area contributed by atoms with Crippen LogP contribution in [0.1, 0.15) is 86.5 Å². The lowest BCUT2D eigenvalue weighted by atomic mass is 9.43. The molecule has 1 N–H and O–H groups in total. The summed E-state index contributed by atoms with van der Waals surface area (Å²) in [5, 5.41) is 10.4. The van der Waals surface area contributed by atoms with Gasteiger partial charge in [0, 0.05) is 23.7 Å². The van der Waals surface area contributed by atoms with Gasteiger partial charge < -0.3 is 5.11 Å². The van der Waals surface area contributed by atoms with Gasteiger partial charge in [0.05, 0.1) is 6.10 Å². The predicted molar refractivity (Wildman–Crippen MR) is 124 cm³/mol. The summed E-state index contributed by atoms with van der Waals surface area (Å²) >= 11 is 0. The molecule has 4 aliphatic carbocycles. The Morgan fingerprint density at radius 3 is 2.35 bits per heavy atom. The van der Waals surface area contributed by atoms with E-state index in [0.29, 0.717) is 41.9 Å². The Morgan fingerprint density at radius 1 is 0.903 bits per heavy atom. The maximum Gasteiger partial charge on any atom is 0.130 e. The van der Waals surface area contributed by atoms with E-state index in [9.17, 15) is 5.11 Å². The highest BCUT2D eigenvalue weighted by Gasteiger charge is 2.74. The summed E-state index contributed by atoms with van der Waals surface area (Å²) in [5.41, 5.74) is -0.366. The average molecular weight is 429 g/mol. The molecule has 31 heavy (non-hydrogen) atoms. The quantitative estimate of drug-likeness (QED) is 0.412. The van der Waals surface area contributed by atoms with Crippen molar-refractivity contribution < 1.29 is 14.9 Å². The third-order valence-corrected chi connectivity index (χ3v) is 11.1. The number of fused-ring (bicyclic) bond motifs is 2. The van der Waals surface area contributed by atoms with Crippen LogP contribution in [0.25, 0.3) is 0 Å². The predicted octanol–water partition coefficient (Wildman–Crippen LogP) is 6.47. The van der Waals surface area contributed by atoms with Crippen LogP contribution in [-0.4, -0.2) is 22.4 Å². The zero-order chi connectivity index (χ0) is 22.2. The van der Waals surface area contributed by atoms with E-state index in [1.165, 1.54) is 25.7 Å². The maximum absolute atomic E-state index is 10.4.